The molecule has 0 aromatic heterocycles. The van der Waals surface area contributed by atoms with Crippen molar-refractivity contribution in [2.45, 2.75) is 50.3 Å². The molecule has 0 spiro atoms. The molecule has 0 saturated carbocycles. The zero-order valence-electron chi connectivity index (χ0n) is 11.4. The summed E-state index contributed by atoms with van der Waals surface area (Å²) in [4.78, 5) is 11.6. The lowest BCUT2D eigenvalue weighted by molar-refractivity contribution is -0.132. The topological polar surface area (TPSA) is 37.3 Å². The van der Waals surface area contributed by atoms with E-state index >= 15 is 0 Å². The van der Waals surface area contributed by atoms with Crippen LogP contribution in [0.4, 0.5) is 0 Å². The van der Waals surface area contributed by atoms with Gasteiger partial charge in [0.25, 0.3) is 0 Å². The average molecular weight is 278 g/mol. The standard InChI is InChI=1S/C16H22O2S/c1-13(16(17)18)7-5-3-2-4-6-8-14-9-11-15(19)12-10-14/h7,9-12,19H,2-6,8H2,1H3,(H,17,18)/b13-7+. The van der Waals surface area contributed by atoms with Crippen LogP contribution in [-0.2, 0) is 11.2 Å². The lowest BCUT2D eigenvalue weighted by Crippen LogP contribution is -1.95. The Balaban J connectivity index is 2.07. The SMILES string of the molecule is C/C(=C\CCCCCCc1ccc(S)cc1)C(=O)O. The molecule has 1 N–H and O–H groups in total. The number of unbranched alkanes of at least 4 members (excludes halogenated alkanes) is 4. The van der Waals surface area contributed by atoms with E-state index in [1.54, 1.807) is 6.92 Å². The molecule has 0 amide bonds. The van der Waals surface area contributed by atoms with E-state index in [1.165, 1.54) is 18.4 Å². The minimum absolute atomic E-state index is 0.451. The third-order valence-corrected chi connectivity index (χ3v) is 3.44. The number of aryl methyl sites for hydroxylation is 1. The number of benzene rings is 1. The fourth-order valence-corrected chi connectivity index (χ4v) is 2.04. The van der Waals surface area contributed by atoms with Gasteiger partial charge in [0, 0.05) is 10.5 Å². The molecule has 0 bridgehead atoms. The van der Waals surface area contributed by atoms with Gasteiger partial charge >= 0.3 is 5.97 Å². The van der Waals surface area contributed by atoms with Crippen molar-refractivity contribution in [1.82, 2.24) is 0 Å². The third kappa shape index (κ3) is 7.06. The summed E-state index contributed by atoms with van der Waals surface area (Å²) >= 11 is 4.26. The summed E-state index contributed by atoms with van der Waals surface area (Å²) in [7, 11) is 0. The fraction of sp³-hybridized carbons (Fsp3) is 0.438. The predicted molar refractivity (Wildman–Crippen MR) is 81.9 cm³/mol. The molecule has 0 saturated heterocycles. The van der Waals surface area contributed by atoms with Gasteiger partial charge in [-0.1, -0.05) is 31.1 Å². The maximum atomic E-state index is 10.6. The molecule has 0 unspecified atom stereocenters. The smallest absolute Gasteiger partial charge is 0.330 e. The van der Waals surface area contributed by atoms with Crippen LogP contribution >= 0.6 is 12.6 Å². The molecule has 3 heteroatoms. The fourth-order valence-electron chi connectivity index (χ4n) is 1.90. The van der Waals surface area contributed by atoms with Crippen LogP contribution in [0.15, 0.2) is 40.8 Å². The Morgan fingerprint density at radius 2 is 1.79 bits per heavy atom. The first-order valence-electron chi connectivity index (χ1n) is 6.77. The van der Waals surface area contributed by atoms with Gasteiger partial charge in [-0.2, -0.15) is 0 Å². The van der Waals surface area contributed by atoms with Gasteiger partial charge in [-0.05, 0) is 50.3 Å². The average Bonchev–Trinajstić information content (AvgIpc) is 2.39. The summed E-state index contributed by atoms with van der Waals surface area (Å²) in [5.74, 6) is -0.812. The molecule has 19 heavy (non-hydrogen) atoms. The quantitative estimate of drug-likeness (QED) is 0.417. The number of allylic oxidation sites excluding steroid dienone is 1. The lowest BCUT2D eigenvalue weighted by atomic mass is 10.1. The summed E-state index contributed by atoms with van der Waals surface area (Å²) in [6.45, 7) is 1.65. The van der Waals surface area contributed by atoms with Crippen molar-refractivity contribution in [1.29, 1.82) is 0 Å². The third-order valence-electron chi connectivity index (χ3n) is 3.14. The van der Waals surface area contributed by atoms with Gasteiger partial charge in [0.2, 0.25) is 0 Å². The van der Waals surface area contributed by atoms with Crippen molar-refractivity contribution < 1.29 is 9.90 Å². The van der Waals surface area contributed by atoms with Crippen LogP contribution in [-0.4, -0.2) is 11.1 Å². The van der Waals surface area contributed by atoms with E-state index < -0.39 is 5.97 Å². The first-order chi connectivity index (χ1) is 9.09. The predicted octanol–water partition coefficient (Wildman–Crippen LogP) is 4.50. The number of carboxylic acid groups (broad SMARTS) is 1. The van der Waals surface area contributed by atoms with Gasteiger partial charge in [0.05, 0.1) is 0 Å². The van der Waals surface area contributed by atoms with Gasteiger partial charge < -0.3 is 5.11 Å². The van der Waals surface area contributed by atoms with Crippen molar-refractivity contribution in [2.24, 2.45) is 0 Å². The van der Waals surface area contributed by atoms with Crippen LogP contribution in [0.5, 0.6) is 0 Å². The Labute approximate surface area is 121 Å². The molecule has 0 aliphatic heterocycles. The maximum absolute atomic E-state index is 10.6. The van der Waals surface area contributed by atoms with Crippen molar-refractivity contribution >= 4 is 18.6 Å². The summed E-state index contributed by atoms with van der Waals surface area (Å²) < 4.78 is 0. The van der Waals surface area contributed by atoms with Crippen molar-refractivity contribution in [3.63, 3.8) is 0 Å². The summed E-state index contributed by atoms with van der Waals surface area (Å²) in [5.41, 5.74) is 1.81. The Morgan fingerprint density at radius 3 is 2.42 bits per heavy atom. The van der Waals surface area contributed by atoms with Gasteiger partial charge in [0.1, 0.15) is 0 Å². The summed E-state index contributed by atoms with van der Waals surface area (Å²) in [6.07, 6.45) is 8.41. The van der Waals surface area contributed by atoms with Crippen molar-refractivity contribution in [3.05, 3.63) is 41.5 Å². The number of hydrogen-bond donors (Lipinski definition) is 2. The summed E-state index contributed by atoms with van der Waals surface area (Å²) in [6, 6.07) is 8.30. The zero-order valence-corrected chi connectivity index (χ0v) is 12.3. The Hall–Kier alpha value is -1.22. The Kier molecular flexibility index (Phi) is 7.34. The highest BCUT2D eigenvalue weighted by molar-refractivity contribution is 7.80. The number of carbonyl (C=O) groups is 1. The number of carboxylic acids is 1. The molecule has 1 aromatic carbocycles. The van der Waals surface area contributed by atoms with Crippen molar-refractivity contribution in [2.75, 3.05) is 0 Å². The minimum atomic E-state index is -0.812. The maximum Gasteiger partial charge on any atom is 0.330 e. The first kappa shape index (κ1) is 15.8. The second-order valence-electron chi connectivity index (χ2n) is 4.81. The van der Waals surface area contributed by atoms with E-state index in [2.05, 4.69) is 24.8 Å². The Bertz CT molecular complexity index is 421. The van der Waals surface area contributed by atoms with E-state index in [1.807, 2.05) is 18.2 Å². The molecular weight excluding hydrogens is 256 g/mol. The number of thiol groups is 1. The molecule has 0 aliphatic rings. The highest BCUT2D eigenvalue weighted by Crippen LogP contribution is 2.12. The normalized spacial score (nSPS) is 11.6. The summed E-state index contributed by atoms with van der Waals surface area (Å²) in [5, 5.41) is 8.69. The highest BCUT2D eigenvalue weighted by Gasteiger charge is 1.98. The molecule has 0 aliphatic carbocycles. The molecule has 0 atom stereocenters. The highest BCUT2D eigenvalue weighted by atomic mass is 32.1. The molecular formula is C16H22O2S. The van der Waals surface area contributed by atoms with Gasteiger partial charge in [-0.15, -0.1) is 12.6 Å². The van der Waals surface area contributed by atoms with E-state index in [9.17, 15) is 4.79 Å². The largest absolute Gasteiger partial charge is 0.478 e. The van der Waals surface area contributed by atoms with Crippen LogP contribution < -0.4 is 0 Å². The molecule has 0 fully saturated rings. The van der Waals surface area contributed by atoms with Crippen LogP contribution in [0.25, 0.3) is 0 Å². The molecule has 1 aromatic rings. The second-order valence-corrected chi connectivity index (χ2v) is 5.33. The molecule has 0 heterocycles. The van der Waals surface area contributed by atoms with E-state index in [-0.39, 0.29) is 0 Å². The second kappa shape index (κ2) is 8.81. The van der Waals surface area contributed by atoms with Crippen LogP contribution in [0.2, 0.25) is 0 Å². The molecule has 1 rings (SSSR count). The Morgan fingerprint density at radius 1 is 1.16 bits per heavy atom. The molecule has 2 nitrogen and oxygen atoms in total. The van der Waals surface area contributed by atoms with Crippen LogP contribution in [0.1, 0.15) is 44.6 Å². The zero-order chi connectivity index (χ0) is 14.1. The van der Waals surface area contributed by atoms with Crippen molar-refractivity contribution in [3.8, 4) is 0 Å². The van der Waals surface area contributed by atoms with Crippen LogP contribution in [0.3, 0.4) is 0 Å². The van der Waals surface area contributed by atoms with Gasteiger partial charge in [0.15, 0.2) is 0 Å². The van der Waals surface area contributed by atoms with Gasteiger partial charge in [-0.25, -0.2) is 4.79 Å². The van der Waals surface area contributed by atoms with Crippen LogP contribution in [0, 0.1) is 0 Å². The molecule has 104 valence electrons. The van der Waals surface area contributed by atoms with Gasteiger partial charge in [-0.3, -0.25) is 0 Å². The number of rotatable bonds is 8. The first-order valence-corrected chi connectivity index (χ1v) is 7.22. The number of hydrogen-bond acceptors (Lipinski definition) is 2. The lowest BCUT2D eigenvalue weighted by Gasteiger charge is -2.02. The van der Waals surface area contributed by atoms with E-state index in [0.29, 0.717) is 5.57 Å². The molecule has 0 radical (unpaired) electrons. The number of aliphatic carboxylic acids is 1. The van der Waals surface area contributed by atoms with E-state index in [4.69, 9.17) is 5.11 Å². The van der Waals surface area contributed by atoms with E-state index in [0.717, 1.165) is 30.6 Å². The minimum Gasteiger partial charge on any atom is -0.478 e. The monoisotopic (exact) mass is 278 g/mol.